The molecule has 2 saturated heterocycles. The second-order valence-electron chi connectivity index (χ2n) is 17.9. The molecule has 0 spiro atoms. The van der Waals surface area contributed by atoms with Crippen LogP contribution in [0.1, 0.15) is 81.0 Å². The molecule has 22 heteroatoms. The Morgan fingerprint density at radius 3 is 1.84 bits per heavy atom. The lowest BCUT2D eigenvalue weighted by Crippen LogP contribution is -2.68. The van der Waals surface area contributed by atoms with Crippen molar-refractivity contribution in [2.75, 3.05) is 26.6 Å². The molecule has 2 aromatic heterocycles. The predicted octanol–water partition coefficient (Wildman–Crippen LogP) is -0.805. The topological polar surface area (TPSA) is 281 Å². The first-order valence-corrected chi connectivity index (χ1v) is 19.7. The van der Waals surface area contributed by atoms with Gasteiger partial charge in [-0.15, -0.1) is 5.46 Å². The molecule has 5 rings (SSSR count). The van der Waals surface area contributed by atoms with E-state index in [1.165, 1.54) is 82.3 Å². The van der Waals surface area contributed by atoms with Gasteiger partial charge in [-0.05, 0) is 76.3 Å². The third-order valence-electron chi connectivity index (χ3n) is 10.9. The Morgan fingerprint density at radius 2 is 1.30 bits per heavy atom. The third kappa shape index (κ3) is 9.33. The standard InChI is InChI=1S/C39H58BN10O11/c1-35(2,30(52)46-36(3,4)31(53)47-37(5,6)32(54)48-38(7,8)33(55)49-39(9,10)34(56)57-11)45-17-21-15-13-14-16-22(21)40(58-12)60-25-23(18-51)59-29(26(25)61-40)50-20-44-24-27(41)42-19-43-28(24)50/h13-16,19-20,23,25-26,29,45,51H,17-18H2,1-12H3,(H,46,52)(H,47,53)(H,48,54)(H,49,55)(H2,41,42,43)/q-1/t23-,25-,26-,29-,40-/m1/s1/i9+1/t23-,25-,26-,29-,39+,40-. The molecule has 0 unspecified atom stereocenters. The fraction of sp³-hybridized carbons (Fsp3) is 0.590. The molecule has 0 radical (unpaired) electrons. The van der Waals surface area contributed by atoms with Gasteiger partial charge < -0.3 is 55.5 Å². The minimum absolute atomic E-state index is 0.122. The number of ether oxygens (including phenoxy) is 2. The number of hydrogen-bond donors (Lipinski definition) is 7. The van der Waals surface area contributed by atoms with Gasteiger partial charge in [-0.3, -0.25) is 29.1 Å². The number of carbonyl (C=O) groups is 5. The average Bonchev–Trinajstić information content (AvgIpc) is 3.89. The molecular weight excluding hydrogens is 796 g/mol. The van der Waals surface area contributed by atoms with Crippen molar-refractivity contribution in [3.05, 3.63) is 42.5 Å². The first-order valence-electron chi connectivity index (χ1n) is 19.7. The molecule has 1 aromatic carbocycles. The number of aromatic nitrogens is 4. The summed E-state index contributed by atoms with van der Waals surface area (Å²) < 4.78 is 31.8. The van der Waals surface area contributed by atoms with Crippen LogP contribution in [0.3, 0.4) is 0 Å². The lowest BCUT2D eigenvalue weighted by atomic mass is 9.67. The Bertz CT molecular complexity index is 2180. The van der Waals surface area contributed by atoms with E-state index in [-0.39, 0.29) is 19.0 Å². The summed E-state index contributed by atoms with van der Waals surface area (Å²) in [7, 11) is 2.65. The monoisotopic (exact) mass is 854 g/mol. The van der Waals surface area contributed by atoms with Crippen molar-refractivity contribution < 1.29 is 52.5 Å². The van der Waals surface area contributed by atoms with Gasteiger partial charge in [0.1, 0.15) is 40.1 Å². The second-order valence-corrected chi connectivity index (χ2v) is 17.9. The number of hydrogen-bond acceptors (Lipinski definition) is 16. The number of benzene rings is 1. The van der Waals surface area contributed by atoms with E-state index >= 15 is 0 Å². The van der Waals surface area contributed by atoms with Crippen LogP contribution in [0.2, 0.25) is 0 Å². The molecular formula is C39H58BN10O11-. The smallest absolute Gasteiger partial charge is 0.410 e. The maximum Gasteiger partial charge on any atom is 0.410 e. The van der Waals surface area contributed by atoms with E-state index < -0.39 is 88.6 Å². The number of nitrogens with two attached hydrogens (primary N) is 1. The van der Waals surface area contributed by atoms with E-state index in [9.17, 15) is 29.1 Å². The van der Waals surface area contributed by atoms with Gasteiger partial charge in [0.15, 0.2) is 17.7 Å². The number of fused-ring (bicyclic) bond motifs is 2. The van der Waals surface area contributed by atoms with Gasteiger partial charge in [-0.2, -0.15) is 0 Å². The highest BCUT2D eigenvalue weighted by molar-refractivity contribution is 6.76. The lowest BCUT2D eigenvalue weighted by molar-refractivity contribution is -0.150. The van der Waals surface area contributed by atoms with E-state index in [1.807, 2.05) is 12.1 Å². The zero-order valence-electron chi connectivity index (χ0n) is 36.7. The number of methoxy groups -OCH3 is 1. The first-order chi connectivity index (χ1) is 28.3. The van der Waals surface area contributed by atoms with Crippen LogP contribution in [0.4, 0.5) is 5.82 Å². The quantitative estimate of drug-likeness (QED) is 0.0527. The summed E-state index contributed by atoms with van der Waals surface area (Å²) >= 11 is 0. The molecule has 2 fully saturated rings. The Kier molecular flexibility index (Phi) is 13.0. The molecule has 334 valence electrons. The lowest BCUT2D eigenvalue weighted by Gasteiger charge is -2.39. The SMILES string of the molecule is COC(=O)[C@@](C)([13CH3])NC(=O)C(C)(C)NC(=O)C(C)(C)NC(=O)C(C)(C)NC(=O)C(C)(C)NCc1ccccc1[B@-]1(OC)O[C@@H]2[C@H](O1)[C@@H](CO)O[C@H]2n1cnc2c(N)ncnc21. The Morgan fingerprint density at radius 1 is 0.770 bits per heavy atom. The number of nitrogen functional groups attached to an aromatic ring is 1. The van der Waals surface area contributed by atoms with Crippen molar-refractivity contribution in [1.82, 2.24) is 46.1 Å². The molecule has 3 aromatic rings. The number of aliphatic hydroxyl groups is 1. The molecule has 0 bridgehead atoms. The average molecular weight is 855 g/mol. The molecule has 0 aliphatic carbocycles. The van der Waals surface area contributed by atoms with Crippen LogP contribution in [0.15, 0.2) is 36.9 Å². The van der Waals surface area contributed by atoms with Crippen LogP contribution >= 0.6 is 0 Å². The van der Waals surface area contributed by atoms with Gasteiger partial charge in [-0.25, -0.2) is 19.7 Å². The van der Waals surface area contributed by atoms with E-state index in [2.05, 4.69) is 41.5 Å². The zero-order valence-corrected chi connectivity index (χ0v) is 36.7. The number of amides is 4. The minimum atomic E-state index is -2.63. The normalized spacial score (nSPS) is 22.8. The number of anilines is 1. The number of nitrogens with zero attached hydrogens (tertiary/aromatic N) is 4. The van der Waals surface area contributed by atoms with Crippen molar-refractivity contribution in [3.8, 4) is 0 Å². The van der Waals surface area contributed by atoms with Gasteiger partial charge in [-0.1, -0.05) is 29.8 Å². The van der Waals surface area contributed by atoms with Crippen molar-refractivity contribution in [1.29, 1.82) is 0 Å². The molecule has 8 N–H and O–H groups in total. The van der Waals surface area contributed by atoms with Crippen LogP contribution in [-0.4, -0.2) is 128 Å². The summed E-state index contributed by atoms with van der Waals surface area (Å²) in [5.74, 6) is -3.04. The maximum atomic E-state index is 13.8. The number of carbonyl (C=O) groups excluding carboxylic acids is 5. The van der Waals surface area contributed by atoms with Crippen LogP contribution < -0.4 is 37.8 Å². The van der Waals surface area contributed by atoms with E-state index in [4.69, 9.17) is 29.2 Å². The van der Waals surface area contributed by atoms with Crippen LogP contribution in [0, 0.1) is 0 Å². The molecule has 61 heavy (non-hydrogen) atoms. The summed E-state index contributed by atoms with van der Waals surface area (Å²) in [6.07, 6.45) is -0.306. The van der Waals surface area contributed by atoms with Crippen LogP contribution in [0.25, 0.3) is 11.2 Å². The van der Waals surface area contributed by atoms with Crippen molar-refractivity contribution in [2.45, 2.75) is 128 Å². The van der Waals surface area contributed by atoms with Crippen molar-refractivity contribution in [2.24, 2.45) is 0 Å². The molecule has 4 heterocycles. The summed E-state index contributed by atoms with van der Waals surface area (Å²) in [4.78, 5) is 78.8. The largest absolute Gasteiger partial charge is 0.543 e. The summed E-state index contributed by atoms with van der Waals surface area (Å²) in [5.41, 5.74) is 0.833. The molecule has 6 atom stereocenters. The highest BCUT2D eigenvalue weighted by Gasteiger charge is 2.56. The van der Waals surface area contributed by atoms with Gasteiger partial charge in [0.25, 0.3) is 0 Å². The maximum absolute atomic E-state index is 13.8. The third-order valence-corrected chi connectivity index (χ3v) is 10.9. The number of nitrogens with one attached hydrogen (secondary N) is 5. The van der Waals surface area contributed by atoms with E-state index in [0.29, 0.717) is 22.2 Å². The Balaban J connectivity index is 1.25. The number of rotatable bonds is 16. The fourth-order valence-electron chi connectivity index (χ4n) is 6.95. The minimum Gasteiger partial charge on any atom is -0.543 e. The zero-order chi connectivity index (χ0) is 45.5. The molecule has 2 aliphatic heterocycles. The van der Waals surface area contributed by atoms with Crippen LogP contribution in [-0.2, 0) is 54.0 Å². The summed E-state index contributed by atoms with van der Waals surface area (Å²) in [6, 6.07) is 7.23. The predicted molar refractivity (Wildman–Crippen MR) is 221 cm³/mol. The number of aliphatic hydroxyl groups excluding tert-OH is 1. The Hall–Kier alpha value is -5.26. The molecule has 4 amide bonds. The second kappa shape index (κ2) is 16.9. The number of imidazole rings is 1. The molecule has 2 aliphatic rings. The highest BCUT2D eigenvalue weighted by Crippen LogP contribution is 2.43. The van der Waals surface area contributed by atoms with Gasteiger partial charge in [0.2, 0.25) is 23.6 Å². The van der Waals surface area contributed by atoms with Gasteiger partial charge >= 0.3 is 12.7 Å². The summed E-state index contributed by atoms with van der Waals surface area (Å²) in [6.45, 7) is 12.1. The molecule has 0 saturated carbocycles. The highest BCUT2D eigenvalue weighted by atomic mass is 16.8. The Labute approximate surface area is 353 Å². The first kappa shape index (κ1) is 46.8. The van der Waals surface area contributed by atoms with Gasteiger partial charge in [0, 0.05) is 6.54 Å². The van der Waals surface area contributed by atoms with Crippen molar-refractivity contribution >= 4 is 58.8 Å². The van der Waals surface area contributed by atoms with Crippen LogP contribution in [0.5, 0.6) is 0 Å². The molecule has 21 nitrogen and oxygen atoms in total. The fourth-order valence-corrected chi connectivity index (χ4v) is 6.95. The van der Waals surface area contributed by atoms with Gasteiger partial charge in [0.05, 0.1) is 37.8 Å². The summed E-state index contributed by atoms with van der Waals surface area (Å²) in [5, 5.41) is 24.2. The van der Waals surface area contributed by atoms with E-state index in [1.54, 1.807) is 30.5 Å². The van der Waals surface area contributed by atoms with Crippen molar-refractivity contribution in [3.63, 3.8) is 0 Å². The number of esters is 1. The van der Waals surface area contributed by atoms with E-state index in [0.717, 1.165) is 0 Å².